The third-order valence-electron chi connectivity index (χ3n) is 11.7. The van der Waals surface area contributed by atoms with Gasteiger partial charge in [0.05, 0.1) is 18.2 Å². The van der Waals surface area contributed by atoms with Crippen molar-refractivity contribution in [3.05, 3.63) is 36.0 Å². The highest BCUT2D eigenvalue weighted by Crippen LogP contribution is 2.21. The van der Waals surface area contributed by atoms with Crippen molar-refractivity contribution in [1.82, 2.24) is 52.8 Å². The molecule has 2 saturated heterocycles. The van der Waals surface area contributed by atoms with Crippen LogP contribution in [0.2, 0.25) is 0 Å². The Hall–Kier alpha value is -6.21. The van der Waals surface area contributed by atoms with Gasteiger partial charge in [-0.3, -0.25) is 52.7 Å². The number of amides is 9. The second-order valence-electron chi connectivity index (χ2n) is 17.9. The number of fused-ring (bicyclic) bond motifs is 1. The van der Waals surface area contributed by atoms with Crippen LogP contribution in [-0.4, -0.2) is 164 Å². The molecule has 1 aromatic heterocycles. The Labute approximate surface area is 412 Å². The number of benzene rings is 1. The topological polar surface area (TPSA) is 352 Å². The fourth-order valence-corrected chi connectivity index (χ4v) is 9.22. The predicted molar refractivity (Wildman–Crippen MR) is 259 cm³/mol. The van der Waals surface area contributed by atoms with E-state index < -0.39 is 145 Å². The van der Waals surface area contributed by atoms with E-state index in [1.54, 1.807) is 18.5 Å². The van der Waals surface area contributed by atoms with Crippen LogP contribution in [-0.2, 0) is 59.2 Å². The fraction of sp³-hybridized carbons (Fsp3) is 0.578. The summed E-state index contributed by atoms with van der Waals surface area (Å²) >= 11 is 2.18. The van der Waals surface area contributed by atoms with Gasteiger partial charge in [0.15, 0.2) is 5.78 Å². The highest BCUT2D eigenvalue weighted by molar-refractivity contribution is 7.99. The first-order valence-electron chi connectivity index (χ1n) is 22.7. The second kappa shape index (κ2) is 26.1. The zero-order chi connectivity index (χ0) is 51.9. The van der Waals surface area contributed by atoms with Gasteiger partial charge in [0.25, 0.3) is 0 Å². The van der Waals surface area contributed by atoms with Crippen molar-refractivity contribution in [1.29, 1.82) is 0 Å². The predicted octanol–water partition coefficient (Wildman–Crippen LogP) is -2.12. The maximum absolute atomic E-state index is 14.3. The molecule has 3 heterocycles. The number of hydrogen-bond donors (Lipinski definition) is 12. The first-order chi connectivity index (χ1) is 33.0. The average Bonchev–Trinajstić information content (AvgIpc) is 3.69. The number of carboxylic acid groups (broad SMARTS) is 1. The lowest BCUT2D eigenvalue weighted by Crippen LogP contribution is -2.63. The number of aromatic amines is 1. The summed E-state index contributed by atoms with van der Waals surface area (Å²) in [6.45, 7) is 6.80. The van der Waals surface area contributed by atoms with Crippen LogP contribution in [0.15, 0.2) is 30.5 Å². The Bertz CT molecular complexity index is 2290. The number of thioether (sulfide) groups is 2. The molecule has 0 saturated carbocycles. The quantitative estimate of drug-likeness (QED) is 0.0908. The summed E-state index contributed by atoms with van der Waals surface area (Å²) in [6.07, 6.45) is 0.260. The molecule has 0 spiro atoms. The summed E-state index contributed by atoms with van der Waals surface area (Å²) in [7, 11) is 0. The molecule has 12 N–H and O–H groups in total. The molecule has 25 heteroatoms. The standard InChI is InChI=1S/C45H64N10O13S2/c1-22(2)15-29-39(63)50-30(16-25-18-46-27-10-8-7-9-26(25)27)40(64)49-28(11-12-36(60)61)38(62)53-33(21-70-14-13-34(58)48-29)43(67)52-32(20-69-6)42(66)51-31-17-45(5,24(4)57)55-35(59)19-47-44(68)37(23(3)56)54-41(31)65/h7-10,18,22-23,28-33,37,46,56H,11-17,19-21H2,1-6H3,(H,47,68)(H,48,58)(H,49,64)(H,50,63)(H,51,66)(H,52,67)(H,53,62)(H,54,65)(H,55,59)(H,60,61)/t23-,28+,29+,30+,31+,32?,33+,37+,45+/m1/s1. The van der Waals surface area contributed by atoms with Crippen LogP contribution in [0.1, 0.15) is 72.3 Å². The third kappa shape index (κ3) is 16.5. The zero-order valence-corrected chi connectivity index (χ0v) is 41.5. The van der Waals surface area contributed by atoms with Gasteiger partial charge in [0, 0.05) is 60.0 Å². The second-order valence-corrected chi connectivity index (χ2v) is 20.0. The van der Waals surface area contributed by atoms with Crippen LogP contribution in [0.4, 0.5) is 0 Å². The normalized spacial score (nSPS) is 25.6. The first-order valence-corrected chi connectivity index (χ1v) is 25.3. The number of aliphatic carboxylic acids is 1. The van der Waals surface area contributed by atoms with Crippen LogP contribution < -0.4 is 47.9 Å². The molecule has 9 atom stereocenters. The zero-order valence-electron chi connectivity index (χ0n) is 39.9. The van der Waals surface area contributed by atoms with Crippen molar-refractivity contribution < 1.29 is 63.0 Å². The Morgan fingerprint density at radius 1 is 0.871 bits per heavy atom. The molecule has 2 aliphatic rings. The van der Waals surface area contributed by atoms with Gasteiger partial charge in [-0.1, -0.05) is 32.0 Å². The number of aromatic nitrogens is 1. The molecular weight excluding hydrogens is 953 g/mol. The summed E-state index contributed by atoms with van der Waals surface area (Å²) in [5, 5.41) is 43.6. The number of rotatable bonds is 15. The SMILES string of the molecule is CSCC(NC(=O)[C@@H]1CSCCC(=O)N[C@@H](CC(C)C)C(=O)N[C@@H](Cc2c[nH]c3ccccc23)C(=O)N[C@@H](CCC(=O)O)C(=O)N1)C(=O)N[C@H]1C[C@@](C)(C(C)=O)NC(=O)CNC(=O)[C@H]([C@@H](C)O)NC1=O. The molecule has 70 heavy (non-hydrogen) atoms. The smallest absolute Gasteiger partial charge is 0.303 e. The number of carbonyl (C=O) groups excluding carboxylic acids is 10. The van der Waals surface area contributed by atoms with Crippen molar-refractivity contribution >= 4 is 99.3 Å². The minimum atomic E-state index is -1.76. The molecular formula is C45H64N10O13S2. The van der Waals surface area contributed by atoms with Crippen LogP contribution in [0.25, 0.3) is 10.9 Å². The van der Waals surface area contributed by atoms with Crippen LogP contribution in [0.3, 0.4) is 0 Å². The molecule has 2 aliphatic heterocycles. The largest absolute Gasteiger partial charge is 0.481 e. The van der Waals surface area contributed by atoms with E-state index in [-0.39, 0.29) is 42.4 Å². The van der Waals surface area contributed by atoms with Crippen molar-refractivity contribution in [3.8, 4) is 0 Å². The van der Waals surface area contributed by atoms with E-state index in [1.165, 1.54) is 13.8 Å². The third-order valence-corrected chi connectivity index (χ3v) is 13.4. The molecule has 23 nitrogen and oxygen atoms in total. The molecule has 0 aliphatic carbocycles. The van der Waals surface area contributed by atoms with Crippen molar-refractivity contribution in [2.75, 3.05) is 30.1 Å². The molecule has 0 bridgehead atoms. The number of Topliss-reactive ketones (excluding diaryl/α,β-unsaturated/α-hetero) is 1. The van der Waals surface area contributed by atoms with Crippen LogP contribution in [0.5, 0.6) is 0 Å². The molecule has 2 fully saturated rings. The summed E-state index contributed by atoms with van der Waals surface area (Å²) in [6, 6.07) is -2.85. The Balaban J connectivity index is 1.67. The number of hydrogen-bond acceptors (Lipinski definition) is 14. The number of ketones is 1. The van der Waals surface area contributed by atoms with Crippen molar-refractivity contribution in [2.45, 2.75) is 127 Å². The van der Waals surface area contributed by atoms with Gasteiger partial charge in [0.1, 0.15) is 42.3 Å². The summed E-state index contributed by atoms with van der Waals surface area (Å²) in [5.41, 5.74) is -0.377. The lowest BCUT2D eigenvalue weighted by Gasteiger charge is -2.33. The van der Waals surface area contributed by atoms with Gasteiger partial charge in [-0.05, 0) is 57.4 Å². The number of carbonyl (C=O) groups is 11. The van der Waals surface area contributed by atoms with E-state index in [0.717, 1.165) is 41.4 Å². The number of nitrogens with one attached hydrogen (secondary N) is 10. The van der Waals surface area contributed by atoms with E-state index in [0.29, 0.717) is 5.56 Å². The Morgan fingerprint density at radius 3 is 2.20 bits per heavy atom. The molecule has 4 rings (SSSR count). The molecule has 2 aromatic rings. The fourth-order valence-electron chi connectivity index (χ4n) is 7.68. The highest BCUT2D eigenvalue weighted by atomic mass is 32.2. The van der Waals surface area contributed by atoms with E-state index in [1.807, 2.05) is 32.0 Å². The number of carboxylic acids is 1. The number of H-pyrrole nitrogens is 1. The lowest BCUT2D eigenvalue weighted by atomic mass is 9.88. The average molecular weight is 1020 g/mol. The highest BCUT2D eigenvalue weighted by Gasteiger charge is 2.41. The van der Waals surface area contributed by atoms with E-state index >= 15 is 0 Å². The van der Waals surface area contributed by atoms with Crippen molar-refractivity contribution in [2.24, 2.45) is 5.92 Å². The monoisotopic (exact) mass is 1020 g/mol. The van der Waals surface area contributed by atoms with Gasteiger partial charge < -0.3 is 63.0 Å². The van der Waals surface area contributed by atoms with Crippen LogP contribution >= 0.6 is 23.5 Å². The lowest BCUT2D eigenvalue weighted by molar-refractivity contribution is -0.138. The maximum Gasteiger partial charge on any atom is 0.303 e. The van der Waals surface area contributed by atoms with E-state index in [4.69, 9.17) is 0 Å². The van der Waals surface area contributed by atoms with Gasteiger partial charge in [-0.15, -0.1) is 0 Å². The molecule has 1 aromatic carbocycles. The Morgan fingerprint density at radius 2 is 1.54 bits per heavy atom. The number of aliphatic hydroxyl groups excluding tert-OH is 1. The molecule has 384 valence electrons. The van der Waals surface area contributed by atoms with Gasteiger partial charge in [-0.2, -0.15) is 23.5 Å². The Kier molecular flexibility index (Phi) is 21.0. The summed E-state index contributed by atoms with van der Waals surface area (Å²) in [5.74, 6) is -9.80. The minimum absolute atomic E-state index is 0.0704. The number of para-hydroxylation sites is 1. The van der Waals surface area contributed by atoms with Gasteiger partial charge in [0.2, 0.25) is 53.2 Å². The molecule has 1 unspecified atom stereocenters. The van der Waals surface area contributed by atoms with Gasteiger partial charge >= 0.3 is 5.97 Å². The van der Waals surface area contributed by atoms with Gasteiger partial charge in [-0.25, -0.2) is 0 Å². The minimum Gasteiger partial charge on any atom is -0.481 e. The molecule has 0 radical (unpaired) electrons. The van der Waals surface area contributed by atoms with Crippen molar-refractivity contribution in [3.63, 3.8) is 0 Å². The van der Waals surface area contributed by atoms with E-state index in [2.05, 4.69) is 52.8 Å². The molecule has 9 amide bonds. The van der Waals surface area contributed by atoms with E-state index in [9.17, 15) is 63.0 Å². The maximum atomic E-state index is 14.3. The summed E-state index contributed by atoms with van der Waals surface area (Å²) < 4.78 is 0. The van der Waals surface area contributed by atoms with Crippen LogP contribution in [0, 0.1) is 5.92 Å². The summed E-state index contributed by atoms with van der Waals surface area (Å²) in [4.78, 5) is 151. The first kappa shape index (κ1) is 56.4. The number of aliphatic hydroxyl groups is 1.